The number of thiazole rings is 1. The van der Waals surface area contributed by atoms with E-state index in [1.165, 1.54) is 24.2 Å². The van der Waals surface area contributed by atoms with Gasteiger partial charge >= 0.3 is 4.87 Å². The number of carbonyl (C=O) groups is 1. The van der Waals surface area contributed by atoms with Gasteiger partial charge in [0.15, 0.2) is 0 Å². The van der Waals surface area contributed by atoms with Crippen molar-refractivity contribution >= 4 is 17.2 Å². The van der Waals surface area contributed by atoms with Crippen LogP contribution in [-0.4, -0.2) is 40.5 Å². The van der Waals surface area contributed by atoms with Crippen LogP contribution in [0.3, 0.4) is 0 Å². The fourth-order valence-electron chi connectivity index (χ4n) is 3.56. The molecule has 1 aromatic rings. The maximum absolute atomic E-state index is 12.5. The van der Waals surface area contributed by atoms with Gasteiger partial charge in [-0.1, -0.05) is 11.3 Å². The third-order valence-electron chi connectivity index (χ3n) is 5.06. The summed E-state index contributed by atoms with van der Waals surface area (Å²) in [5.74, 6) is 0.0456. The second kappa shape index (κ2) is 5.57. The zero-order valence-corrected chi connectivity index (χ0v) is 13.7. The molecule has 2 aliphatic rings. The summed E-state index contributed by atoms with van der Waals surface area (Å²) in [5, 5.41) is 3.59. The highest BCUT2D eigenvalue weighted by Crippen LogP contribution is 2.29. The number of likely N-dealkylation sites (N-methyl/N-ethyl adjacent to an activating group) is 1. The third-order valence-corrected chi connectivity index (χ3v) is 6.05. The summed E-state index contributed by atoms with van der Waals surface area (Å²) >= 11 is 1.22. The van der Waals surface area contributed by atoms with Crippen LogP contribution in [0.1, 0.15) is 36.3 Å². The molecule has 2 aliphatic heterocycles. The molecule has 21 heavy (non-hydrogen) atoms. The van der Waals surface area contributed by atoms with E-state index in [1.807, 2.05) is 25.8 Å². The molecule has 0 radical (unpaired) electrons. The SMILES string of the molecule is Cc1sc(=O)n(CC(=O)N(C)C2CC3CCC(C2)N3)c1C. The largest absolute Gasteiger partial charge is 0.341 e. The number of nitrogens with one attached hydrogen (secondary N) is 1. The zero-order chi connectivity index (χ0) is 15.1. The number of aromatic nitrogens is 1. The molecule has 3 rings (SSSR count). The first-order valence-electron chi connectivity index (χ1n) is 7.64. The average molecular weight is 309 g/mol. The molecule has 2 fully saturated rings. The van der Waals surface area contributed by atoms with E-state index in [4.69, 9.17) is 0 Å². The van der Waals surface area contributed by atoms with Crippen LogP contribution in [0.15, 0.2) is 4.79 Å². The van der Waals surface area contributed by atoms with E-state index in [0.29, 0.717) is 18.1 Å². The molecule has 0 spiro atoms. The van der Waals surface area contributed by atoms with Crippen LogP contribution in [0.5, 0.6) is 0 Å². The van der Waals surface area contributed by atoms with Crippen LogP contribution in [0.25, 0.3) is 0 Å². The number of carbonyl (C=O) groups excluding carboxylic acids is 1. The molecule has 116 valence electrons. The van der Waals surface area contributed by atoms with Crippen molar-refractivity contribution in [2.75, 3.05) is 7.05 Å². The number of amides is 1. The van der Waals surface area contributed by atoms with Crippen LogP contribution in [-0.2, 0) is 11.3 Å². The molecule has 3 heterocycles. The summed E-state index contributed by atoms with van der Waals surface area (Å²) in [6, 6.07) is 1.45. The van der Waals surface area contributed by atoms with Crippen molar-refractivity contribution in [1.29, 1.82) is 0 Å². The molecule has 6 heteroatoms. The maximum atomic E-state index is 12.5. The summed E-state index contributed by atoms with van der Waals surface area (Å²) in [7, 11) is 1.89. The Balaban J connectivity index is 1.69. The first-order valence-corrected chi connectivity index (χ1v) is 8.46. The van der Waals surface area contributed by atoms with E-state index in [-0.39, 0.29) is 17.3 Å². The van der Waals surface area contributed by atoms with Crippen molar-refractivity contribution in [1.82, 2.24) is 14.8 Å². The number of nitrogens with zero attached hydrogens (tertiary/aromatic N) is 2. The van der Waals surface area contributed by atoms with Gasteiger partial charge in [0.05, 0.1) is 0 Å². The van der Waals surface area contributed by atoms with Crippen LogP contribution < -0.4 is 10.2 Å². The molecule has 2 unspecified atom stereocenters. The van der Waals surface area contributed by atoms with E-state index in [9.17, 15) is 9.59 Å². The minimum Gasteiger partial charge on any atom is -0.341 e. The molecular weight excluding hydrogens is 286 g/mol. The molecule has 2 saturated heterocycles. The van der Waals surface area contributed by atoms with Gasteiger partial charge in [0.2, 0.25) is 5.91 Å². The Labute approximate surface area is 129 Å². The van der Waals surface area contributed by atoms with Gasteiger partial charge in [-0.05, 0) is 39.5 Å². The zero-order valence-electron chi connectivity index (χ0n) is 12.9. The van der Waals surface area contributed by atoms with Gasteiger partial charge in [-0.15, -0.1) is 0 Å². The van der Waals surface area contributed by atoms with Crippen LogP contribution >= 0.6 is 11.3 Å². The molecule has 2 bridgehead atoms. The van der Waals surface area contributed by atoms with Crippen molar-refractivity contribution in [3.8, 4) is 0 Å². The Morgan fingerprint density at radius 1 is 1.33 bits per heavy atom. The lowest BCUT2D eigenvalue weighted by Gasteiger charge is -2.35. The summed E-state index contributed by atoms with van der Waals surface area (Å²) in [4.78, 5) is 27.3. The molecule has 1 aromatic heterocycles. The molecule has 5 nitrogen and oxygen atoms in total. The highest BCUT2D eigenvalue weighted by molar-refractivity contribution is 7.09. The van der Waals surface area contributed by atoms with Crippen LogP contribution in [0.4, 0.5) is 0 Å². The molecule has 2 atom stereocenters. The predicted molar refractivity (Wildman–Crippen MR) is 83.8 cm³/mol. The van der Waals surface area contributed by atoms with E-state index < -0.39 is 0 Å². The second-order valence-corrected chi connectivity index (χ2v) is 7.53. The molecular formula is C15H23N3O2S. The Bertz CT molecular complexity index is 595. The lowest BCUT2D eigenvalue weighted by molar-refractivity contribution is -0.133. The summed E-state index contributed by atoms with van der Waals surface area (Å²) in [6.45, 7) is 4.01. The monoisotopic (exact) mass is 309 g/mol. The molecule has 0 aromatic carbocycles. The number of aryl methyl sites for hydroxylation is 1. The highest BCUT2D eigenvalue weighted by atomic mass is 32.1. The number of fused-ring (bicyclic) bond motifs is 2. The third kappa shape index (κ3) is 2.79. The first-order chi connectivity index (χ1) is 9.95. The van der Waals surface area contributed by atoms with Crippen LogP contribution in [0.2, 0.25) is 0 Å². The fourth-order valence-corrected chi connectivity index (χ4v) is 4.40. The van der Waals surface area contributed by atoms with Gasteiger partial charge in [0.25, 0.3) is 0 Å². The Hall–Kier alpha value is -1.14. The average Bonchev–Trinajstić information content (AvgIpc) is 2.91. The molecule has 0 saturated carbocycles. The van der Waals surface area contributed by atoms with Crippen molar-refractivity contribution in [2.24, 2.45) is 0 Å². The van der Waals surface area contributed by atoms with Gasteiger partial charge < -0.3 is 10.2 Å². The first kappa shape index (κ1) is 14.8. The quantitative estimate of drug-likeness (QED) is 0.915. The maximum Gasteiger partial charge on any atom is 0.308 e. The minimum absolute atomic E-state index is 0.0304. The van der Waals surface area contributed by atoms with E-state index >= 15 is 0 Å². The van der Waals surface area contributed by atoms with Crippen molar-refractivity contribution < 1.29 is 4.79 Å². The molecule has 1 amide bonds. The van der Waals surface area contributed by atoms with Crippen molar-refractivity contribution in [2.45, 2.75) is 64.2 Å². The Kier molecular flexibility index (Phi) is 3.92. The standard InChI is InChI=1S/C15H23N3O2S/c1-9-10(2)21-15(20)18(9)8-14(19)17(3)13-6-11-4-5-12(7-13)16-11/h11-13,16H,4-8H2,1-3H3. The number of hydrogen-bond acceptors (Lipinski definition) is 4. The smallest absolute Gasteiger partial charge is 0.308 e. The highest BCUT2D eigenvalue weighted by Gasteiger charge is 2.36. The Morgan fingerprint density at radius 3 is 2.48 bits per heavy atom. The van der Waals surface area contributed by atoms with Crippen molar-refractivity contribution in [3.63, 3.8) is 0 Å². The normalized spacial score (nSPS) is 27.9. The summed E-state index contributed by atoms with van der Waals surface area (Å²) in [5.41, 5.74) is 0.914. The van der Waals surface area contributed by atoms with E-state index in [1.54, 1.807) is 4.57 Å². The lowest BCUT2D eigenvalue weighted by Crippen LogP contribution is -2.49. The second-order valence-electron chi connectivity index (χ2n) is 6.36. The predicted octanol–water partition coefficient (Wildman–Crippen LogP) is 1.27. The summed E-state index contributed by atoms with van der Waals surface area (Å²) < 4.78 is 1.61. The number of rotatable bonds is 3. The van der Waals surface area contributed by atoms with Gasteiger partial charge in [0, 0.05) is 35.7 Å². The Morgan fingerprint density at radius 2 is 1.95 bits per heavy atom. The van der Waals surface area contributed by atoms with Gasteiger partial charge in [-0.3, -0.25) is 14.2 Å². The number of piperidine rings is 1. The molecule has 0 aliphatic carbocycles. The molecule has 1 N–H and O–H groups in total. The van der Waals surface area contributed by atoms with Crippen LogP contribution in [0, 0.1) is 13.8 Å². The van der Waals surface area contributed by atoms with Gasteiger partial charge in [-0.2, -0.15) is 0 Å². The minimum atomic E-state index is -0.0304. The van der Waals surface area contributed by atoms with E-state index in [0.717, 1.165) is 23.4 Å². The van der Waals surface area contributed by atoms with E-state index in [2.05, 4.69) is 5.32 Å². The fraction of sp³-hybridized carbons (Fsp3) is 0.733. The van der Waals surface area contributed by atoms with Crippen molar-refractivity contribution in [3.05, 3.63) is 20.2 Å². The summed E-state index contributed by atoms with van der Waals surface area (Å²) in [6.07, 6.45) is 4.53. The van der Waals surface area contributed by atoms with Gasteiger partial charge in [-0.25, -0.2) is 0 Å². The lowest BCUT2D eigenvalue weighted by atomic mass is 9.98. The topological polar surface area (TPSA) is 54.3 Å². The van der Waals surface area contributed by atoms with Gasteiger partial charge in [0.1, 0.15) is 6.54 Å². The number of hydrogen-bond donors (Lipinski definition) is 1.